The van der Waals surface area contributed by atoms with Crippen LogP contribution in [0.5, 0.6) is 5.88 Å². The SMILES string of the molecule is CCN(C)C(=S)Nc1ccc(OC(C)c2cc(F)cc(F)c2)nc1C. The number of nitrogens with zero attached hydrogens (tertiary/aromatic N) is 2. The Morgan fingerprint density at radius 1 is 1.28 bits per heavy atom. The van der Waals surface area contributed by atoms with E-state index in [-0.39, 0.29) is 0 Å². The Labute approximate surface area is 151 Å². The highest BCUT2D eigenvalue weighted by molar-refractivity contribution is 7.80. The van der Waals surface area contributed by atoms with Crippen LogP contribution in [0.15, 0.2) is 30.3 Å². The Morgan fingerprint density at radius 2 is 1.92 bits per heavy atom. The molecule has 2 aromatic rings. The summed E-state index contributed by atoms with van der Waals surface area (Å²) in [5.41, 5.74) is 1.90. The van der Waals surface area contributed by atoms with Crippen molar-refractivity contribution in [2.45, 2.75) is 26.9 Å². The molecule has 25 heavy (non-hydrogen) atoms. The van der Waals surface area contributed by atoms with Crippen LogP contribution in [-0.2, 0) is 0 Å². The number of aromatic nitrogens is 1. The topological polar surface area (TPSA) is 37.4 Å². The summed E-state index contributed by atoms with van der Waals surface area (Å²) in [6.45, 7) is 6.34. The van der Waals surface area contributed by atoms with Crippen molar-refractivity contribution in [3.05, 3.63) is 53.2 Å². The van der Waals surface area contributed by atoms with Crippen molar-refractivity contribution in [3.63, 3.8) is 0 Å². The van der Waals surface area contributed by atoms with Crippen molar-refractivity contribution in [1.29, 1.82) is 0 Å². The Balaban J connectivity index is 2.10. The van der Waals surface area contributed by atoms with E-state index in [1.807, 2.05) is 31.9 Å². The molecule has 1 N–H and O–H groups in total. The first-order valence-corrected chi connectivity index (χ1v) is 8.33. The molecule has 1 aromatic carbocycles. The fraction of sp³-hybridized carbons (Fsp3) is 0.333. The van der Waals surface area contributed by atoms with Crippen molar-refractivity contribution in [2.24, 2.45) is 0 Å². The van der Waals surface area contributed by atoms with E-state index in [9.17, 15) is 8.78 Å². The highest BCUT2D eigenvalue weighted by Gasteiger charge is 2.13. The number of nitrogens with one attached hydrogen (secondary N) is 1. The van der Waals surface area contributed by atoms with E-state index < -0.39 is 17.7 Å². The van der Waals surface area contributed by atoms with Crippen LogP contribution >= 0.6 is 12.2 Å². The standard InChI is InChI=1S/C18H21F2N3OS/c1-5-23(4)18(25)22-16-6-7-17(21-11(16)2)24-12(3)13-8-14(19)10-15(20)9-13/h6-10,12H,5H2,1-4H3,(H,22,25). The third-order valence-electron chi connectivity index (χ3n) is 3.77. The van der Waals surface area contributed by atoms with Crippen LogP contribution in [0.1, 0.15) is 31.2 Å². The summed E-state index contributed by atoms with van der Waals surface area (Å²) < 4.78 is 32.4. The van der Waals surface area contributed by atoms with E-state index in [0.29, 0.717) is 22.2 Å². The number of thiocarbonyl (C=S) groups is 1. The van der Waals surface area contributed by atoms with Gasteiger partial charge in [0.2, 0.25) is 5.88 Å². The molecule has 0 radical (unpaired) electrons. The van der Waals surface area contributed by atoms with Gasteiger partial charge in [0.1, 0.15) is 17.7 Å². The molecular weight excluding hydrogens is 344 g/mol. The molecule has 1 unspecified atom stereocenters. The average molecular weight is 365 g/mol. The normalized spacial score (nSPS) is 11.8. The molecule has 0 aliphatic carbocycles. The molecule has 0 saturated heterocycles. The van der Waals surface area contributed by atoms with Crippen molar-refractivity contribution in [2.75, 3.05) is 18.9 Å². The molecule has 2 rings (SSSR count). The molecule has 7 heteroatoms. The Morgan fingerprint density at radius 3 is 2.48 bits per heavy atom. The molecule has 0 spiro atoms. The van der Waals surface area contributed by atoms with Gasteiger partial charge in [0.25, 0.3) is 0 Å². The predicted octanol–water partition coefficient (Wildman–Crippen LogP) is 4.46. The van der Waals surface area contributed by atoms with Gasteiger partial charge in [-0.2, -0.15) is 0 Å². The summed E-state index contributed by atoms with van der Waals surface area (Å²) >= 11 is 5.29. The molecule has 0 bridgehead atoms. The molecule has 0 aliphatic rings. The van der Waals surface area contributed by atoms with E-state index >= 15 is 0 Å². The molecule has 4 nitrogen and oxygen atoms in total. The van der Waals surface area contributed by atoms with Crippen molar-refractivity contribution < 1.29 is 13.5 Å². The fourth-order valence-electron chi connectivity index (χ4n) is 2.15. The van der Waals surface area contributed by atoms with Gasteiger partial charge in [0.05, 0.1) is 11.4 Å². The zero-order valence-corrected chi connectivity index (χ0v) is 15.5. The molecule has 1 atom stereocenters. The Bertz CT molecular complexity index is 750. The lowest BCUT2D eigenvalue weighted by molar-refractivity contribution is 0.216. The van der Waals surface area contributed by atoms with Crippen molar-refractivity contribution in [1.82, 2.24) is 9.88 Å². The number of halogens is 2. The largest absolute Gasteiger partial charge is 0.470 e. The predicted molar refractivity (Wildman–Crippen MR) is 98.9 cm³/mol. The quantitative estimate of drug-likeness (QED) is 0.792. The monoisotopic (exact) mass is 365 g/mol. The molecule has 1 heterocycles. The number of benzene rings is 1. The molecule has 134 valence electrons. The highest BCUT2D eigenvalue weighted by atomic mass is 32.1. The third kappa shape index (κ3) is 5.09. The van der Waals surface area contributed by atoms with E-state index in [2.05, 4.69) is 10.3 Å². The van der Waals surface area contributed by atoms with Gasteiger partial charge in [-0.25, -0.2) is 13.8 Å². The zero-order chi connectivity index (χ0) is 18.6. The fourth-order valence-corrected chi connectivity index (χ4v) is 2.39. The molecule has 0 saturated carbocycles. The number of pyridine rings is 1. The van der Waals surface area contributed by atoms with Gasteiger partial charge in [-0.15, -0.1) is 0 Å². The second kappa shape index (κ2) is 8.20. The minimum Gasteiger partial charge on any atom is -0.470 e. The lowest BCUT2D eigenvalue weighted by Crippen LogP contribution is -2.31. The molecule has 1 aromatic heterocycles. The van der Waals surface area contributed by atoms with Crippen LogP contribution in [0.25, 0.3) is 0 Å². The van der Waals surface area contributed by atoms with Crippen LogP contribution in [0.2, 0.25) is 0 Å². The number of aryl methyl sites for hydroxylation is 1. The maximum absolute atomic E-state index is 13.3. The lowest BCUT2D eigenvalue weighted by atomic mass is 10.1. The van der Waals surface area contributed by atoms with Gasteiger partial charge in [-0.1, -0.05) is 0 Å². The second-order valence-corrected chi connectivity index (χ2v) is 6.08. The summed E-state index contributed by atoms with van der Waals surface area (Å²) in [4.78, 5) is 6.27. The summed E-state index contributed by atoms with van der Waals surface area (Å²) in [6, 6.07) is 6.82. The summed E-state index contributed by atoms with van der Waals surface area (Å²) in [6.07, 6.45) is -0.539. The number of ether oxygens (including phenoxy) is 1. The van der Waals surface area contributed by atoms with Gasteiger partial charge in [-0.05, 0) is 56.8 Å². The smallest absolute Gasteiger partial charge is 0.214 e. The highest BCUT2D eigenvalue weighted by Crippen LogP contribution is 2.24. The zero-order valence-electron chi connectivity index (χ0n) is 14.6. The minimum atomic E-state index is -0.636. The number of hydrogen-bond acceptors (Lipinski definition) is 3. The van der Waals surface area contributed by atoms with Crippen LogP contribution in [-0.4, -0.2) is 28.6 Å². The van der Waals surface area contributed by atoms with E-state index in [1.165, 1.54) is 12.1 Å². The first-order valence-electron chi connectivity index (χ1n) is 7.92. The summed E-state index contributed by atoms with van der Waals surface area (Å²) in [7, 11) is 1.90. The maximum atomic E-state index is 13.3. The van der Waals surface area contributed by atoms with Crippen LogP contribution < -0.4 is 10.1 Å². The lowest BCUT2D eigenvalue weighted by Gasteiger charge is -2.20. The number of rotatable bonds is 5. The maximum Gasteiger partial charge on any atom is 0.214 e. The van der Waals surface area contributed by atoms with Gasteiger partial charge in [-0.3, -0.25) is 0 Å². The third-order valence-corrected chi connectivity index (χ3v) is 4.19. The number of anilines is 1. The van der Waals surface area contributed by atoms with Gasteiger partial charge in [0, 0.05) is 25.7 Å². The summed E-state index contributed by atoms with van der Waals surface area (Å²) in [5.74, 6) is -0.902. The molecule has 0 amide bonds. The molecular formula is C18H21F2N3OS. The van der Waals surface area contributed by atoms with Crippen molar-refractivity contribution in [3.8, 4) is 5.88 Å². The van der Waals surface area contributed by atoms with Crippen LogP contribution in [0, 0.1) is 18.6 Å². The molecule has 0 fully saturated rings. The second-order valence-electron chi connectivity index (χ2n) is 5.69. The van der Waals surface area contributed by atoms with E-state index in [1.54, 1.807) is 13.0 Å². The average Bonchev–Trinajstić information content (AvgIpc) is 2.55. The number of hydrogen-bond donors (Lipinski definition) is 1. The van der Waals surface area contributed by atoms with Crippen LogP contribution in [0.3, 0.4) is 0 Å². The van der Waals surface area contributed by atoms with E-state index in [0.717, 1.165) is 18.3 Å². The van der Waals surface area contributed by atoms with Gasteiger partial charge >= 0.3 is 0 Å². The Kier molecular flexibility index (Phi) is 6.25. The minimum absolute atomic E-state index is 0.370. The first-order chi connectivity index (χ1) is 11.8. The van der Waals surface area contributed by atoms with Crippen molar-refractivity contribution >= 4 is 23.0 Å². The van der Waals surface area contributed by atoms with Gasteiger partial charge in [0.15, 0.2) is 5.11 Å². The van der Waals surface area contributed by atoms with Gasteiger partial charge < -0.3 is 15.0 Å². The van der Waals surface area contributed by atoms with E-state index in [4.69, 9.17) is 17.0 Å². The van der Waals surface area contributed by atoms with Crippen LogP contribution in [0.4, 0.5) is 14.5 Å². The molecule has 0 aliphatic heterocycles. The summed E-state index contributed by atoms with van der Waals surface area (Å²) in [5, 5.41) is 3.73. The first kappa shape index (κ1) is 19.1. The Hall–Kier alpha value is -2.28.